The van der Waals surface area contributed by atoms with Gasteiger partial charge in [0.2, 0.25) is 0 Å². The van der Waals surface area contributed by atoms with Crippen LogP contribution < -0.4 is 10.5 Å². The number of hydrogen-bond donors (Lipinski definition) is 1. The zero-order valence-electron chi connectivity index (χ0n) is 11.2. The molecule has 3 rings (SSSR count). The van der Waals surface area contributed by atoms with Gasteiger partial charge in [-0.05, 0) is 55.2 Å². The second-order valence-corrected chi connectivity index (χ2v) is 6.09. The summed E-state index contributed by atoms with van der Waals surface area (Å²) in [5.74, 6) is 1.77. The van der Waals surface area contributed by atoms with Crippen molar-refractivity contribution in [1.29, 1.82) is 0 Å². The standard InChI is InChI=1S/C16H23NO/c1-18-15-7-6-13(12-4-2-3-5-12)10-14(15)11-16(17)8-9-16/h6-7,10,12H,2-5,8-9,11,17H2,1H3. The molecule has 0 bridgehead atoms. The first kappa shape index (κ1) is 12.0. The first-order valence-electron chi connectivity index (χ1n) is 7.16. The molecule has 1 aromatic rings. The molecule has 0 unspecified atom stereocenters. The molecule has 18 heavy (non-hydrogen) atoms. The van der Waals surface area contributed by atoms with Crippen LogP contribution in [0.2, 0.25) is 0 Å². The maximum atomic E-state index is 6.25. The second-order valence-electron chi connectivity index (χ2n) is 6.09. The van der Waals surface area contributed by atoms with Crippen LogP contribution in [0.4, 0.5) is 0 Å². The van der Waals surface area contributed by atoms with Crippen molar-refractivity contribution in [1.82, 2.24) is 0 Å². The Balaban J connectivity index is 1.85. The number of benzene rings is 1. The van der Waals surface area contributed by atoms with E-state index in [1.54, 1.807) is 7.11 Å². The van der Waals surface area contributed by atoms with E-state index in [-0.39, 0.29) is 5.54 Å². The molecule has 2 heteroatoms. The largest absolute Gasteiger partial charge is 0.496 e. The number of ether oxygens (including phenoxy) is 1. The van der Waals surface area contributed by atoms with Crippen LogP contribution in [0.3, 0.4) is 0 Å². The second kappa shape index (κ2) is 4.58. The van der Waals surface area contributed by atoms with Gasteiger partial charge in [0.05, 0.1) is 7.11 Å². The summed E-state index contributed by atoms with van der Waals surface area (Å²) in [6, 6.07) is 6.73. The van der Waals surface area contributed by atoms with E-state index in [0.29, 0.717) is 0 Å². The Labute approximate surface area is 110 Å². The fraction of sp³-hybridized carbons (Fsp3) is 0.625. The van der Waals surface area contributed by atoms with Gasteiger partial charge in [-0.2, -0.15) is 0 Å². The first-order valence-corrected chi connectivity index (χ1v) is 7.16. The van der Waals surface area contributed by atoms with E-state index in [0.717, 1.165) is 30.9 Å². The van der Waals surface area contributed by atoms with E-state index in [4.69, 9.17) is 10.5 Å². The molecule has 98 valence electrons. The Morgan fingerprint density at radius 1 is 1.28 bits per heavy atom. The van der Waals surface area contributed by atoms with Crippen molar-refractivity contribution in [3.63, 3.8) is 0 Å². The Morgan fingerprint density at radius 3 is 2.61 bits per heavy atom. The number of rotatable bonds is 4. The van der Waals surface area contributed by atoms with Crippen molar-refractivity contribution in [2.45, 2.75) is 56.4 Å². The maximum Gasteiger partial charge on any atom is 0.122 e. The molecule has 0 amide bonds. The Hall–Kier alpha value is -1.02. The lowest BCUT2D eigenvalue weighted by Crippen LogP contribution is -2.24. The number of methoxy groups -OCH3 is 1. The average molecular weight is 245 g/mol. The predicted octanol–water partition coefficient (Wildman–Crippen LogP) is 3.39. The lowest BCUT2D eigenvalue weighted by Gasteiger charge is -2.16. The number of nitrogens with two attached hydrogens (primary N) is 1. The summed E-state index contributed by atoms with van der Waals surface area (Å²) in [5.41, 5.74) is 9.11. The van der Waals surface area contributed by atoms with Gasteiger partial charge in [0.1, 0.15) is 5.75 Å². The molecule has 2 aliphatic carbocycles. The van der Waals surface area contributed by atoms with Gasteiger partial charge < -0.3 is 10.5 Å². The van der Waals surface area contributed by atoms with E-state index < -0.39 is 0 Å². The van der Waals surface area contributed by atoms with Crippen LogP contribution in [-0.4, -0.2) is 12.6 Å². The summed E-state index contributed by atoms with van der Waals surface area (Å²) in [6.45, 7) is 0. The summed E-state index contributed by atoms with van der Waals surface area (Å²) < 4.78 is 5.48. The summed E-state index contributed by atoms with van der Waals surface area (Å²) in [4.78, 5) is 0. The minimum atomic E-state index is 0.0571. The van der Waals surface area contributed by atoms with Gasteiger partial charge in [0.25, 0.3) is 0 Å². The van der Waals surface area contributed by atoms with Gasteiger partial charge in [-0.3, -0.25) is 0 Å². The Morgan fingerprint density at radius 2 is 2.00 bits per heavy atom. The minimum Gasteiger partial charge on any atom is -0.496 e. The van der Waals surface area contributed by atoms with Crippen LogP contribution >= 0.6 is 0 Å². The molecule has 0 aromatic heterocycles. The summed E-state index contributed by atoms with van der Waals surface area (Å²) in [5, 5.41) is 0. The summed E-state index contributed by atoms with van der Waals surface area (Å²) >= 11 is 0. The third kappa shape index (κ3) is 2.39. The molecular weight excluding hydrogens is 222 g/mol. The van der Waals surface area contributed by atoms with Gasteiger partial charge >= 0.3 is 0 Å². The van der Waals surface area contributed by atoms with Crippen molar-refractivity contribution >= 4 is 0 Å². The van der Waals surface area contributed by atoms with E-state index in [1.807, 2.05) is 0 Å². The maximum absolute atomic E-state index is 6.25. The fourth-order valence-electron chi connectivity index (χ4n) is 3.17. The molecular formula is C16H23NO. The van der Waals surface area contributed by atoms with Crippen LogP contribution in [0.1, 0.15) is 55.6 Å². The first-order chi connectivity index (χ1) is 8.70. The molecule has 2 fully saturated rings. The van der Waals surface area contributed by atoms with Gasteiger partial charge in [0.15, 0.2) is 0 Å². The molecule has 0 spiro atoms. The van der Waals surface area contributed by atoms with Crippen molar-refractivity contribution in [2.75, 3.05) is 7.11 Å². The third-order valence-corrected chi connectivity index (χ3v) is 4.57. The molecule has 2 saturated carbocycles. The topological polar surface area (TPSA) is 35.2 Å². The molecule has 0 aliphatic heterocycles. The highest BCUT2D eigenvalue weighted by Crippen LogP contribution is 2.40. The molecule has 1 aromatic carbocycles. The van der Waals surface area contributed by atoms with Gasteiger partial charge in [-0.15, -0.1) is 0 Å². The third-order valence-electron chi connectivity index (χ3n) is 4.57. The molecule has 2 aliphatic rings. The Bertz CT molecular complexity index is 431. The lowest BCUT2D eigenvalue weighted by atomic mass is 9.93. The van der Waals surface area contributed by atoms with Crippen LogP contribution in [0.25, 0.3) is 0 Å². The van der Waals surface area contributed by atoms with Crippen LogP contribution in [0.15, 0.2) is 18.2 Å². The fourth-order valence-corrected chi connectivity index (χ4v) is 3.17. The highest BCUT2D eigenvalue weighted by atomic mass is 16.5. The summed E-state index contributed by atoms with van der Waals surface area (Å²) in [7, 11) is 1.75. The van der Waals surface area contributed by atoms with Gasteiger partial charge in [-0.1, -0.05) is 25.0 Å². The van der Waals surface area contributed by atoms with E-state index in [9.17, 15) is 0 Å². The zero-order chi connectivity index (χ0) is 12.6. The van der Waals surface area contributed by atoms with Crippen molar-refractivity contribution in [3.05, 3.63) is 29.3 Å². The average Bonchev–Trinajstić information content (AvgIpc) is 2.91. The molecule has 0 heterocycles. The van der Waals surface area contributed by atoms with E-state index >= 15 is 0 Å². The molecule has 2 N–H and O–H groups in total. The molecule has 0 saturated heterocycles. The highest BCUT2D eigenvalue weighted by Gasteiger charge is 2.38. The predicted molar refractivity (Wildman–Crippen MR) is 74.1 cm³/mol. The lowest BCUT2D eigenvalue weighted by molar-refractivity contribution is 0.407. The molecule has 0 atom stereocenters. The minimum absolute atomic E-state index is 0.0571. The SMILES string of the molecule is COc1ccc(C2CCCC2)cc1CC1(N)CC1. The number of hydrogen-bond acceptors (Lipinski definition) is 2. The monoisotopic (exact) mass is 245 g/mol. The summed E-state index contributed by atoms with van der Waals surface area (Å²) in [6.07, 6.45) is 8.74. The van der Waals surface area contributed by atoms with Crippen molar-refractivity contribution in [3.8, 4) is 5.75 Å². The molecule has 2 nitrogen and oxygen atoms in total. The quantitative estimate of drug-likeness (QED) is 0.882. The Kier molecular flexibility index (Phi) is 3.06. The van der Waals surface area contributed by atoms with Gasteiger partial charge in [0, 0.05) is 5.54 Å². The van der Waals surface area contributed by atoms with E-state index in [2.05, 4.69) is 18.2 Å². The van der Waals surface area contributed by atoms with Gasteiger partial charge in [-0.25, -0.2) is 0 Å². The van der Waals surface area contributed by atoms with Crippen molar-refractivity contribution in [2.24, 2.45) is 5.73 Å². The smallest absolute Gasteiger partial charge is 0.122 e. The zero-order valence-corrected chi connectivity index (χ0v) is 11.2. The normalized spacial score (nSPS) is 22.1. The highest BCUT2D eigenvalue weighted by molar-refractivity contribution is 5.40. The van der Waals surface area contributed by atoms with Crippen LogP contribution in [-0.2, 0) is 6.42 Å². The molecule has 0 radical (unpaired) electrons. The van der Waals surface area contributed by atoms with Crippen molar-refractivity contribution < 1.29 is 4.74 Å². The van der Waals surface area contributed by atoms with E-state index in [1.165, 1.54) is 36.8 Å². The van der Waals surface area contributed by atoms with Crippen LogP contribution in [0.5, 0.6) is 5.75 Å². The van der Waals surface area contributed by atoms with Crippen LogP contribution in [0, 0.1) is 0 Å².